The molecule has 0 aromatic heterocycles. The lowest BCUT2D eigenvalue weighted by molar-refractivity contribution is -0.117. The first-order valence-corrected chi connectivity index (χ1v) is 9.84. The maximum Gasteiger partial charge on any atom is 0.181 e. The fraction of sp³-hybridized carbons (Fsp3) is 0.571. The molecule has 1 aromatic carbocycles. The van der Waals surface area contributed by atoms with E-state index in [9.17, 15) is 5.11 Å². The molecule has 0 saturated heterocycles. The molecule has 3 nitrogen and oxygen atoms in total. The van der Waals surface area contributed by atoms with E-state index in [0.29, 0.717) is 18.4 Å². The molecule has 1 N–H and O–H groups in total. The van der Waals surface area contributed by atoms with Crippen LogP contribution in [0.25, 0.3) is 0 Å². The highest BCUT2D eigenvalue weighted by Gasteiger charge is 2.28. The molecule has 1 fully saturated rings. The number of halogens is 1. The van der Waals surface area contributed by atoms with Gasteiger partial charge in [0, 0.05) is 26.8 Å². The van der Waals surface area contributed by atoms with Crippen molar-refractivity contribution in [1.82, 2.24) is 0 Å². The monoisotopic (exact) mass is 394 g/mol. The van der Waals surface area contributed by atoms with Crippen LogP contribution in [0.5, 0.6) is 0 Å². The highest BCUT2D eigenvalue weighted by Crippen LogP contribution is 2.34. The van der Waals surface area contributed by atoms with Gasteiger partial charge >= 0.3 is 0 Å². The van der Waals surface area contributed by atoms with Crippen molar-refractivity contribution in [2.24, 2.45) is 11.8 Å². The largest absolute Gasteiger partial charge is 0.364 e. The molecule has 0 spiro atoms. The van der Waals surface area contributed by atoms with Gasteiger partial charge in [0.2, 0.25) is 0 Å². The summed E-state index contributed by atoms with van der Waals surface area (Å²) >= 11 is 2.14. The van der Waals surface area contributed by atoms with E-state index in [1.807, 2.05) is 30.3 Å². The van der Waals surface area contributed by atoms with Crippen molar-refractivity contribution in [2.75, 3.05) is 13.2 Å². The van der Waals surface area contributed by atoms with Crippen molar-refractivity contribution < 1.29 is 14.0 Å². The lowest BCUT2D eigenvalue weighted by Gasteiger charge is -2.21. The lowest BCUT2D eigenvalue weighted by Crippen LogP contribution is -2.19. The molecular formula is C14H19IO3S. The van der Waals surface area contributed by atoms with E-state index >= 15 is 0 Å². The minimum atomic E-state index is -0.817. The van der Waals surface area contributed by atoms with Crippen molar-refractivity contribution >= 4 is 30.4 Å². The maximum atomic E-state index is 9.98. The molecule has 3 atom stereocenters. The van der Waals surface area contributed by atoms with Gasteiger partial charge in [-0.05, 0) is 24.7 Å². The van der Waals surface area contributed by atoms with E-state index < -0.39 is 6.29 Å². The van der Waals surface area contributed by atoms with Crippen molar-refractivity contribution in [1.29, 1.82) is 0 Å². The summed E-state index contributed by atoms with van der Waals surface area (Å²) in [5, 5.41) is 9.98. The first-order valence-electron chi connectivity index (χ1n) is 6.56. The second-order valence-corrected chi connectivity index (χ2v) is 6.34. The Morgan fingerprint density at radius 2 is 1.89 bits per heavy atom. The predicted octanol–water partition coefficient (Wildman–Crippen LogP) is 4.13. The van der Waals surface area contributed by atoms with Crippen LogP contribution in [-0.2, 0) is 8.92 Å². The Labute approximate surface area is 130 Å². The second-order valence-electron chi connectivity index (χ2n) is 4.89. The quantitative estimate of drug-likeness (QED) is 0.429. The highest BCUT2D eigenvalue weighted by atomic mass is 127. The Morgan fingerprint density at radius 1 is 1.21 bits per heavy atom. The van der Waals surface area contributed by atoms with Crippen LogP contribution >= 0.6 is 30.4 Å². The molecule has 106 valence electrons. The molecule has 2 rings (SSSR count). The minimum absolute atomic E-state index is 0.502. The van der Waals surface area contributed by atoms with Gasteiger partial charge in [0.15, 0.2) is 6.29 Å². The summed E-state index contributed by atoms with van der Waals surface area (Å²) in [5.41, 5.74) is 0.816. The number of hydrogen-bond acceptors (Lipinski definition) is 4. The summed E-state index contributed by atoms with van der Waals surface area (Å²) in [6, 6.07) is 9.51. The van der Waals surface area contributed by atoms with Crippen LogP contribution in [0.3, 0.4) is 0 Å². The summed E-state index contributed by atoms with van der Waals surface area (Å²) in [4.78, 5) is 0. The van der Waals surface area contributed by atoms with Gasteiger partial charge in [-0.15, -0.1) is 0 Å². The van der Waals surface area contributed by atoms with Gasteiger partial charge in [-0.1, -0.05) is 36.8 Å². The third kappa shape index (κ3) is 4.90. The third-order valence-electron chi connectivity index (χ3n) is 3.70. The van der Waals surface area contributed by atoms with Gasteiger partial charge in [0.05, 0.1) is 22.4 Å². The van der Waals surface area contributed by atoms with Gasteiger partial charge in [-0.3, -0.25) is 0 Å². The van der Waals surface area contributed by atoms with Crippen molar-refractivity contribution in [3.8, 4) is 0 Å². The van der Waals surface area contributed by atoms with E-state index in [1.54, 1.807) is 0 Å². The van der Waals surface area contributed by atoms with Crippen molar-refractivity contribution in [3.05, 3.63) is 35.9 Å². The highest BCUT2D eigenvalue weighted by molar-refractivity contribution is 14.2. The molecule has 1 aliphatic carbocycles. The standard InChI is InChI=1S/C14H19IO3S/c15-19-18-10-13-8-4-7-12(13)9-17-14(16)11-5-2-1-3-6-11/h1-3,5-6,12-14,16H,4,7-10H2/t12?,13-,14?/m0/s1. The molecule has 0 radical (unpaired) electrons. The first kappa shape index (κ1) is 15.6. The molecule has 1 aliphatic rings. The summed E-state index contributed by atoms with van der Waals surface area (Å²) in [6.07, 6.45) is 2.78. The molecule has 2 unspecified atom stereocenters. The fourth-order valence-corrected chi connectivity index (χ4v) is 3.26. The zero-order valence-electron chi connectivity index (χ0n) is 10.7. The Kier molecular flexibility index (Phi) is 6.93. The van der Waals surface area contributed by atoms with E-state index in [-0.39, 0.29) is 0 Å². The number of aliphatic hydroxyl groups is 1. The smallest absolute Gasteiger partial charge is 0.181 e. The number of hydrogen-bond donors (Lipinski definition) is 1. The normalized spacial score (nSPS) is 24.5. The topological polar surface area (TPSA) is 38.7 Å². The summed E-state index contributed by atoms with van der Waals surface area (Å²) in [7, 11) is 1.39. The number of aliphatic hydroxyl groups excluding tert-OH is 1. The van der Waals surface area contributed by atoms with E-state index in [2.05, 4.69) is 21.2 Å². The first-order chi connectivity index (χ1) is 9.31. The van der Waals surface area contributed by atoms with Crippen molar-refractivity contribution in [2.45, 2.75) is 25.6 Å². The van der Waals surface area contributed by atoms with Gasteiger partial charge in [-0.2, -0.15) is 0 Å². The molecule has 0 heterocycles. The maximum absolute atomic E-state index is 9.98. The van der Waals surface area contributed by atoms with Gasteiger partial charge in [0.1, 0.15) is 0 Å². The predicted molar refractivity (Wildman–Crippen MR) is 85.7 cm³/mol. The zero-order chi connectivity index (χ0) is 13.5. The molecule has 19 heavy (non-hydrogen) atoms. The number of ether oxygens (including phenoxy) is 1. The van der Waals surface area contributed by atoms with Crippen molar-refractivity contribution in [3.63, 3.8) is 0 Å². The minimum Gasteiger partial charge on any atom is -0.364 e. The average Bonchev–Trinajstić information content (AvgIpc) is 2.91. The molecule has 1 aromatic rings. The average molecular weight is 394 g/mol. The number of benzene rings is 1. The second kappa shape index (κ2) is 8.46. The molecular weight excluding hydrogens is 375 g/mol. The molecule has 5 heteroatoms. The summed E-state index contributed by atoms with van der Waals surface area (Å²) < 4.78 is 11.0. The SMILES string of the molecule is OC(OCC1CCC[C@H]1COSI)c1ccccc1. The van der Waals surface area contributed by atoms with Crippen LogP contribution in [0.15, 0.2) is 30.3 Å². The van der Waals surface area contributed by atoms with Gasteiger partial charge in [-0.25, -0.2) is 0 Å². The van der Waals surface area contributed by atoms with Crippen LogP contribution in [0, 0.1) is 11.8 Å². The van der Waals surface area contributed by atoms with Crippen LogP contribution in [0.1, 0.15) is 31.1 Å². The number of rotatable bonds is 7. The van der Waals surface area contributed by atoms with Crippen LogP contribution in [0.4, 0.5) is 0 Å². The van der Waals surface area contributed by atoms with Crippen LogP contribution in [-0.4, -0.2) is 18.3 Å². The Hall–Kier alpha value is 0.180. The molecule has 0 bridgehead atoms. The van der Waals surface area contributed by atoms with Crippen LogP contribution < -0.4 is 0 Å². The third-order valence-corrected chi connectivity index (χ3v) is 4.68. The Balaban J connectivity index is 1.78. The van der Waals surface area contributed by atoms with Gasteiger partial charge < -0.3 is 14.0 Å². The molecule has 1 saturated carbocycles. The van der Waals surface area contributed by atoms with E-state index in [4.69, 9.17) is 8.92 Å². The van der Waals surface area contributed by atoms with E-state index in [0.717, 1.165) is 12.2 Å². The van der Waals surface area contributed by atoms with Gasteiger partial charge in [0.25, 0.3) is 0 Å². The zero-order valence-corrected chi connectivity index (χ0v) is 13.7. The fourth-order valence-electron chi connectivity index (χ4n) is 2.59. The molecule has 0 amide bonds. The Bertz CT molecular complexity index is 363. The lowest BCUT2D eigenvalue weighted by atomic mass is 9.98. The van der Waals surface area contributed by atoms with Crippen LogP contribution in [0.2, 0.25) is 0 Å². The van der Waals surface area contributed by atoms with E-state index in [1.165, 1.54) is 28.5 Å². The Morgan fingerprint density at radius 3 is 2.58 bits per heavy atom. The molecule has 0 aliphatic heterocycles. The summed E-state index contributed by atoms with van der Waals surface area (Å²) in [5.74, 6) is 1.06. The summed E-state index contributed by atoms with van der Waals surface area (Å²) in [6.45, 7) is 1.39.